The van der Waals surface area contributed by atoms with Crippen LogP contribution in [0, 0.1) is 17.1 Å². The number of aryl methyl sites for hydroxylation is 1. The third kappa shape index (κ3) is 4.26. The van der Waals surface area contributed by atoms with Crippen LogP contribution < -0.4 is 4.72 Å². The highest BCUT2D eigenvalue weighted by atomic mass is 32.2. The quantitative estimate of drug-likeness (QED) is 0.916. The van der Waals surface area contributed by atoms with Gasteiger partial charge in [0.05, 0.1) is 23.1 Å². The van der Waals surface area contributed by atoms with Gasteiger partial charge >= 0.3 is 0 Å². The lowest BCUT2D eigenvalue weighted by Gasteiger charge is -2.09. The van der Waals surface area contributed by atoms with E-state index < -0.39 is 15.8 Å². The predicted molar refractivity (Wildman–Crippen MR) is 76.5 cm³/mol. The number of hydrogen-bond acceptors (Lipinski definition) is 4. The van der Waals surface area contributed by atoms with E-state index in [2.05, 4.69) is 9.71 Å². The molecule has 0 saturated carbocycles. The maximum absolute atomic E-state index is 13.6. The molecule has 21 heavy (non-hydrogen) atoms. The molecule has 0 spiro atoms. The van der Waals surface area contributed by atoms with Crippen LogP contribution in [-0.4, -0.2) is 19.2 Å². The number of anilines is 1. The van der Waals surface area contributed by atoms with Gasteiger partial charge in [-0.05, 0) is 42.3 Å². The van der Waals surface area contributed by atoms with Crippen LogP contribution in [0.15, 0.2) is 42.7 Å². The van der Waals surface area contributed by atoms with Gasteiger partial charge in [-0.15, -0.1) is 0 Å². The second-order valence-electron chi connectivity index (χ2n) is 4.33. The maximum Gasteiger partial charge on any atom is 0.233 e. The van der Waals surface area contributed by atoms with Gasteiger partial charge in [0, 0.05) is 12.4 Å². The highest BCUT2D eigenvalue weighted by Crippen LogP contribution is 2.17. The number of halogens is 1. The highest BCUT2D eigenvalue weighted by Gasteiger charge is 2.13. The van der Waals surface area contributed by atoms with E-state index in [1.807, 2.05) is 0 Å². The van der Waals surface area contributed by atoms with E-state index in [0.29, 0.717) is 6.42 Å². The lowest BCUT2D eigenvalue weighted by Crippen LogP contribution is -2.19. The van der Waals surface area contributed by atoms with E-state index >= 15 is 0 Å². The van der Waals surface area contributed by atoms with Crippen molar-refractivity contribution < 1.29 is 12.8 Å². The largest absolute Gasteiger partial charge is 0.281 e. The van der Waals surface area contributed by atoms with Gasteiger partial charge in [0.1, 0.15) is 5.82 Å². The zero-order valence-electron chi connectivity index (χ0n) is 11.0. The molecular formula is C14H12FN3O2S. The van der Waals surface area contributed by atoms with Crippen molar-refractivity contribution in [2.45, 2.75) is 6.42 Å². The number of sulfonamides is 1. The third-order valence-corrected chi connectivity index (χ3v) is 4.04. The average molecular weight is 305 g/mol. The minimum atomic E-state index is -3.67. The number of benzene rings is 1. The Labute approximate surface area is 122 Å². The Kier molecular flexibility index (Phi) is 4.50. The van der Waals surface area contributed by atoms with Crippen LogP contribution in [-0.2, 0) is 16.4 Å². The first kappa shape index (κ1) is 14.9. The number of hydrogen-bond donors (Lipinski definition) is 1. The molecule has 0 unspecified atom stereocenters. The van der Waals surface area contributed by atoms with Crippen LogP contribution in [0.1, 0.15) is 11.1 Å². The molecule has 5 nitrogen and oxygen atoms in total. The van der Waals surface area contributed by atoms with Crippen LogP contribution in [0.2, 0.25) is 0 Å². The normalized spacial score (nSPS) is 10.9. The van der Waals surface area contributed by atoms with E-state index in [1.54, 1.807) is 30.6 Å². The molecule has 1 aromatic heterocycles. The summed E-state index contributed by atoms with van der Waals surface area (Å²) in [7, 11) is -3.67. The number of nitrogens with one attached hydrogen (secondary N) is 1. The molecule has 108 valence electrons. The van der Waals surface area contributed by atoms with Crippen molar-refractivity contribution in [1.29, 1.82) is 5.26 Å². The molecule has 1 N–H and O–H groups in total. The fraction of sp³-hybridized carbons (Fsp3) is 0.143. The molecule has 0 fully saturated rings. The molecule has 0 amide bonds. The maximum atomic E-state index is 13.6. The van der Waals surface area contributed by atoms with Crippen molar-refractivity contribution in [1.82, 2.24) is 4.98 Å². The molecule has 1 heterocycles. The second-order valence-corrected chi connectivity index (χ2v) is 6.17. The zero-order valence-corrected chi connectivity index (χ0v) is 11.8. The predicted octanol–water partition coefficient (Wildman–Crippen LogP) is 2.08. The molecule has 2 aromatic rings. The molecule has 1 aromatic carbocycles. The summed E-state index contributed by atoms with van der Waals surface area (Å²) in [6.07, 6.45) is 3.46. The first-order valence-electron chi connectivity index (χ1n) is 6.09. The van der Waals surface area contributed by atoms with Crippen molar-refractivity contribution in [2.24, 2.45) is 0 Å². The van der Waals surface area contributed by atoms with Gasteiger partial charge < -0.3 is 0 Å². The van der Waals surface area contributed by atoms with E-state index in [-0.39, 0.29) is 17.0 Å². The molecule has 0 saturated heterocycles. The third-order valence-electron chi connectivity index (χ3n) is 2.77. The van der Waals surface area contributed by atoms with E-state index in [1.165, 1.54) is 12.1 Å². The lowest BCUT2D eigenvalue weighted by molar-refractivity contribution is 0.597. The Morgan fingerprint density at radius 2 is 1.95 bits per heavy atom. The summed E-state index contributed by atoms with van der Waals surface area (Å²) in [5.41, 5.74) is 0.798. The molecule has 0 aliphatic carbocycles. The van der Waals surface area contributed by atoms with Gasteiger partial charge in [-0.25, -0.2) is 12.8 Å². The van der Waals surface area contributed by atoms with E-state index in [9.17, 15) is 12.8 Å². The number of aromatic nitrogens is 1. The highest BCUT2D eigenvalue weighted by molar-refractivity contribution is 7.92. The molecule has 0 atom stereocenters. The SMILES string of the molecule is N#Cc1ccc(NS(=O)(=O)CCc2ccncc2)c(F)c1. The summed E-state index contributed by atoms with van der Waals surface area (Å²) in [6.45, 7) is 0. The molecule has 7 heteroatoms. The van der Waals surface area contributed by atoms with Gasteiger partial charge in [-0.2, -0.15) is 5.26 Å². The van der Waals surface area contributed by atoms with Gasteiger partial charge in [0.2, 0.25) is 10.0 Å². The Morgan fingerprint density at radius 3 is 2.57 bits per heavy atom. The molecule has 0 radical (unpaired) electrons. The minimum absolute atomic E-state index is 0.132. The number of nitrogens with zero attached hydrogens (tertiary/aromatic N) is 2. The first-order chi connectivity index (χ1) is 10.00. The Morgan fingerprint density at radius 1 is 1.24 bits per heavy atom. The van der Waals surface area contributed by atoms with E-state index in [4.69, 9.17) is 5.26 Å². The van der Waals surface area contributed by atoms with Crippen molar-refractivity contribution in [3.8, 4) is 6.07 Å². The monoisotopic (exact) mass is 305 g/mol. The molecular weight excluding hydrogens is 293 g/mol. The van der Waals surface area contributed by atoms with Gasteiger partial charge in [0.15, 0.2) is 0 Å². The van der Waals surface area contributed by atoms with Gasteiger partial charge in [0.25, 0.3) is 0 Å². The number of rotatable bonds is 5. The Balaban J connectivity index is 2.06. The molecule has 0 aliphatic heterocycles. The standard InChI is InChI=1S/C14H12FN3O2S/c15-13-9-12(10-16)1-2-14(13)18-21(19,20)8-5-11-3-6-17-7-4-11/h1-4,6-7,9,18H,5,8H2. The lowest BCUT2D eigenvalue weighted by atomic mass is 10.2. The summed E-state index contributed by atoms with van der Waals surface area (Å²) in [4.78, 5) is 3.84. The zero-order chi connectivity index (χ0) is 15.3. The summed E-state index contributed by atoms with van der Waals surface area (Å²) in [6, 6.07) is 8.79. The van der Waals surface area contributed by atoms with Crippen LogP contribution in [0.25, 0.3) is 0 Å². The second kappa shape index (κ2) is 6.33. The van der Waals surface area contributed by atoms with Crippen LogP contribution in [0.3, 0.4) is 0 Å². The summed E-state index contributed by atoms with van der Waals surface area (Å²) in [5.74, 6) is -0.947. The fourth-order valence-corrected chi connectivity index (χ4v) is 2.79. The van der Waals surface area contributed by atoms with Crippen LogP contribution in [0.4, 0.5) is 10.1 Å². The van der Waals surface area contributed by atoms with Gasteiger partial charge in [-0.1, -0.05) is 0 Å². The van der Waals surface area contributed by atoms with E-state index in [0.717, 1.165) is 11.6 Å². The summed E-state index contributed by atoms with van der Waals surface area (Å²) in [5, 5.41) is 8.64. The smallest absolute Gasteiger partial charge is 0.233 e. The molecule has 2 rings (SSSR count). The average Bonchev–Trinajstić information content (AvgIpc) is 2.48. The summed E-state index contributed by atoms with van der Waals surface area (Å²) < 4.78 is 39.7. The molecule has 0 aliphatic rings. The van der Waals surface area contributed by atoms with Crippen molar-refractivity contribution in [3.63, 3.8) is 0 Å². The Hall–Kier alpha value is -2.46. The van der Waals surface area contributed by atoms with Crippen molar-refractivity contribution in [3.05, 3.63) is 59.7 Å². The fourth-order valence-electron chi connectivity index (χ4n) is 1.69. The van der Waals surface area contributed by atoms with Crippen LogP contribution in [0.5, 0.6) is 0 Å². The number of pyridine rings is 1. The first-order valence-corrected chi connectivity index (χ1v) is 7.74. The topological polar surface area (TPSA) is 82.9 Å². The minimum Gasteiger partial charge on any atom is -0.281 e. The van der Waals surface area contributed by atoms with Crippen molar-refractivity contribution in [2.75, 3.05) is 10.5 Å². The van der Waals surface area contributed by atoms with Gasteiger partial charge in [-0.3, -0.25) is 9.71 Å². The Bertz CT molecular complexity index is 771. The van der Waals surface area contributed by atoms with Crippen LogP contribution >= 0.6 is 0 Å². The molecule has 0 bridgehead atoms. The number of nitriles is 1. The van der Waals surface area contributed by atoms with Crippen molar-refractivity contribution >= 4 is 15.7 Å². The summed E-state index contributed by atoms with van der Waals surface area (Å²) >= 11 is 0.